The number of fused-ring (bicyclic) bond motifs is 10. The van der Waals surface area contributed by atoms with Crippen LogP contribution in [0.2, 0.25) is 47.7 Å². The molecule has 2 aromatic carbocycles. The van der Waals surface area contributed by atoms with Crippen LogP contribution in [-0.2, 0) is 6.51 Å². The summed E-state index contributed by atoms with van der Waals surface area (Å²) >= 11 is 0. The Hall–Kier alpha value is -1.74. The first kappa shape index (κ1) is 15.2. The summed E-state index contributed by atoms with van der Waals surface area (Å²) in [6.45, 7) is -3.11. The number of allylic oxidation sites excluding steroid dienone is 1. The van der Waals surface area contributed by atoms with E-state index in [0.29, 0.717) is 15.8 Å². The van der Waals surface area contributed by atoms with Gasteiger partial charge in [0, 0.05) is 0 Å². The van der Waals surface area contributed by atoms with Crippen molar-refractivity contribution in [2.24, 2.45) is 0 Å². The molecule has 10 aliphatic rings. The van der Waals surface area contributed by atoms with E-state index in [1.807, 2.05) is 24.3 Å². The molecule has 0 aromatic heterocycles. The quantitative estimate of drug-likeness (QED) is 0.309. The van der Waals surface area contributed by atoms with Crippen LogP contribution < -0.4 is 0 Å². The van der Waals surface area contributed by atoms with Crippen LogP contribution in [0, 0.1) is 0 Å². The Labute approximate surface area is 177 Å². The number of hydrogen-bond acceptors (Lipinski definition) is 3. The standard InChI is InChI=1S/C23H23O3.C5H5.Fe/c24-16-4-3-7-22(17-5-1-2-6-17)23(18-8-12-20(25)13-9-18)19-10-14-21(26)15-11-19;1-2-4-5-3-1;/h1-2,5-6,8-15,24-26H,3-4,7,16H2;1-5H;. The van der Waals surface area contributed by atoms with Crippen LogP contribution in [0.15, 0.2) is 54.1 Å². The van der Waals surface area contributed by atoms with Crippen LogP contribution in [-0.4, -0.2) is 21.9 Å². The Morgan fingerprint density at radius 2 is 1.16 bits per heavy atom. The molecule has 12 rings (SSSR count). The number of aliphatic hydroxyl groups excluding tert-OH is 1. The van der Waals surface area contributed by atoms with Gasteiger partial charge < -0.3 is 0 Å². The van der Waals surface area contributed by atoms with Crippen molar-refractivity contribution in [2.45, 2.75) is 66.9 Å². The molecule has 3 nitrogen and oxygen atoms in total. The van der Waals surface area contributed by atoms with E-state index in [1.54, 1.807) is 5.57 Å². The molecular weight excluding hydrogens is 440 g/mol. The van der Waals surface area contributed by atoms with Gasteiger partial charge in [-0.15, -0.1) is 0 Å². The number of unbranched alkanes of at least 4 members (excludes halogenated alkanes) is 1. The predicted molar refractivity (Wildman–Crippen MR) is 120 cm³/mol. The first-order valence-electron chi connectivity index (χ1n) is 12.5. The van der Waals surface area contributed by atoms with Crippen LogP contribution >= 0.6 is 0 Å². The monoisotopic (exact) mass is 468 g/mol. The van der Waals surface area contributed by atoms with E-state index in [2.05, 4.69) is 24.3 Å². The molecule has 166 valence electrons. The maximum absolute atomic E-state index is 10.0. The van der Waals surface area contributed by atoms with Gasteiger partial charge in [-0.05, 0) is 0 Å². The third-order valence-electron chi connectivity index (χ3n) is 18.6. The van der Waals surface area contributed by atoms with Gasteiger partial charge in [-0.25, -0.2) is 0 Å². The van der Waals surface area contributed by atoms with E-state index in [1.165, 1.54) is 60.0 Å². The first-order chi connectivity index (χ1) is 15.4. The van der Waals surface area contributed by atoms with E-state index < -0.39 is 6.51 Å². The van der Waals surface area contributed by atoms with Gasteiger partial charge in [0.05, 0.1) is 0 Å². The normalized spacial score (nSPS) is 68.5. The molecule has 32 heavy (non-hydrogen) atoms. The van der Waals surface area contributed by atoms with E-state index in [-0.39, 0.29) is 6.61 Å². The van der Waals surface area contributed by atoms with Crippen molar-refractivity contribution in [3.8, 4) is 11.5 Å². The number of hydrogen-bond donors (Lipinski definition) is 3. The minimum atomic E-state index is -3.39. The molecule has 0 radical (unpaired) electrons. The molecule has 0 saturated carbocycles. The molecule has 2 aromatic rings. The fraction of sp³-hybridized carbons (Fsp3) is 0.500. The number of benzene rings is 2. The van der Waals surface area contributed by atoms with Gasteiger partial charge in [0.2, 0.25) is 0 Å². The number of phenols is 2. The summed E-state index contributed by atoms with van der Waals surface area (Å²) in [5.74, 6) is 0.636. The van der Waals surface area contributed by atoms with Crippen molar-refractivity contribution in [3.63, 3.8) is 0 Å². The van der Waals surface area contributed by atoms with E-state index in [9.17, 15) is 15.3 Å². The number of phenolic OH excluding ortho intramolecular Hbond substituents is 2. The zero-order valence-electron chi connectivity index (χ0n) is 17.8. The summed E-state index contributed by atoms with van der Waals surface area (Å²) in [5, 5.41) is 29.6. The van der Waals surface area contributed by atoms with Crippen molar-refractivity contribution >= 4 is 5.57 Å². The summed E-state index contributed by atoms with van der Waals surface area (Å²) in [5.41, 5.74) is 5.65. The van der Waals surface area contributed by atoms with Gasteiger partial charge in [0.1, 0.15) is 0 Å². The molecule has 0 bridgehead atoms. The van der Waals surface area contributed by atoms with Gasteiger partial charge >= 0.3 is 178 Å². The van der Waals surface area contributed by atoms with Gasteiger partial charge in [-0.3, -0.25) is 0 Å². The van der Waals surface area contributed by atoms with Gasteiger partial charge in [-0.1, -0.05) is 0 Å². The minimum absolute atomic E-state index is 0.280. The van der Waals surface area contributed by atoms with E-state index in [0.717, 1.165) is 19.3 Å². The molecule has 3 N–H and O–H groups in total. The van der Waals surface area contributed by atoms with Crippen molar-refractivity contribution in [2.75, 3.05) is 6.61 Å². The molecule has 10 heterocycles. The number of aromatic hydroxyl groups is 2. The van der Waals surface area contributed by atoms with E-state index in [4.69, 9.17) is 0 Å². The summed E-state index contributed by atoms with van der Waals surface area (Å²) in [6.07, 6.45) is 3.08. The van der Waals surface area contributed by atoms with Gasteiger partial charge in [0.15, 0.2) is 0 Å². The average molecular weight is 468 g/mol. The SMILES string of the molecule is OCCCCC(=C(c1ccc(O)cc1)c1ccc(O)cc1)[C]12[CH]3[CH]4[CH]5[CH]1[Fe]45321678[CH]2[CH]1[CH]6[CH]7[CH]28. The molecule has 0 amide bonds. The Balaban J connectivity index is 1.19. The fourth-order valence-corrected chi connectivity index (χ4v) is 94.1. The molecule has 0 aliphatic carbocycles. The van der Waals surface area contributed by atoms with Crippen LogP contribution in [0.25, 0.3) is 5.57 Å². The molecule has 4 atom stereocenters. The number of aliphatic hydroxyl groups is 1. The van der Waals surface area contributed by atoms with Crippen molar-refractivity contribution in [1.82, 2.24) is 0 Å². The summed E-state index contributed by atoms with van der Waals surface area (Å²) < 4.78 is 0.652. The fourth-order valence-electron chi connectivity index (χ4n) is 19.7. The van der Waals surface area contributed by atoms with Crippen molar-refractivity contribution < 1.29 is 21.8 Å². The van der Waals surface area contributed by atoms with Gasteiger partial charge in [0.25, 0.3) is 0 Å². The first-order valence-corrected chi connectivity index (χ1v) is 18.8. The summed E-state index contributed by atoms with van der Waals surface area (Å²) in [6, 6.07) is 15.8. The van der Waals surface area contributed by atoms with Crippen LogP contribution in [0.4, 0.5) is 0 Å². The third-order valence-corrected chi connectivity index (χ3v) is 61.0. The average Bonchev–Trinajstić information content (AvgIpc) is 3.74. The predicted octanol–water partition coefficient (Wildman–Crippen LogP) is 6.82. The summed E-state index contributed by atoms with van der Waals surface area (Å²) in [7, 11) is 0. The summed E-state index contributed by atoms with van der Waals surface area (Å²) in [4.78, 5) is 11.3. The molecule has 4 unspecified atom stereocenters. The molecule has 10 fully saturated rings. The maximum atomic E-state index is 10.0. The second-order valence-corrected chi connectivity index (χ2v) is 38.4. The second-order valence-electron chi connectivity index (χ2n) is 14.8. The van der Waals surface area contributed by atoms with Crippen molar-refractivity contribution in [1.29, 1.82) is 0 Å². The zero-order valence-corrected chi connectivity index (χ0v) is 18.9. The van der Waals surface area contributed by atoms with Crippen LogP contribution in [0.3, 0.4) is 0 Å². The Bertz CT molecular complexity index is 1600. The van der Waals surface area contributed by atoms with Crippen molar-refractivity contribution in [3.05, 3.63) is 65.2 Å². The zero-order chi connectivity index (χ0) is 21.0. The Kier molecular flexibility index (Phi) is 0.984. The molecule has 4 heteroatoms. The van der Waals surface area contributed by atoms with Crippen LogP contribution in [0.5, 0.6) is 11.5 Å². The second kappa shape index (κ2) is 2.07. The molecule has 10 saturated heterocycles. The molecular formula is C28H28FeO3. The van der Waals surface area contributed by atoms with E-state index >= 15 is 0 Å². The third kappa shape index (κ3) is 0.325. The molecule has 1 spiro atoms. The van der Waals surface area contributed by atoms with Crippen LogP contribution in [0.1, 0.15) is 30.4 Å². The topological polar surface area (TPSA) is 60.7 Å². The van der Waals surface area contributed by atoms with Gasteiger partial charge in [-0.2, -0.15) is 0 Å². The Morgan fingerprint density at radius 1 is 0.688 bits per heavy atom. The Morgan fingerprint density at radius 3 is 1.50 bits per heavy atom. The number of rotatable bonds is 7. The molecule has 10 aliphatic heterocycles.